The van der Waals surface area contributed by atoms with Crippen molar-refractivity contribution in [1.82, 2.24) is 0 Å². The largest absolute Gasteiger partial charge is 0.461 e. The first-order valence-corrected chi connectivity index (χ1v) is 10.9. The van der Waals surface area contributed by atoms with Crippen LogP contribution < -0.4 is 0 Å². The third kappa shape index (κ3) is 3.96. The normalized spacial score (nSPS) is 23.3. The minimum atomic E-state index is -1.24. The van der Waals surface area contributed by atoms with Gasteiger partial charge in [-0.3, -0.25) is 0 Å². The lowest BCUT2D eigenvalue weighted by Crippen LogP contribution is -2.41. The zero-order valence-corrected chi connectivity index (χ0v) is 15.3. The summed E-state index contributed by atoms with van der Waals surface area (Å²) in [6, 6.07) is 0. The Morgan fingerprint density at radius 3 is 1.79 bits per heavy atom. The van der Waals surface area contributed by atoms with E-state index in [1.54, 1.807) is 5.20 Å². The fraction of sp³-hybridized carbons (Fsp3) is 0.867. The fourth-order valence-electron chi connectivity index (χ4n) is 2.69. The fourth-order valence-corrected chi connectivity index (χ4v) is 5.15. The highest BCUT2D eigenvalue weighted by molar-refractivity contribution is 6.83. The van der Waals surface area contributed by atoms with Crippen molar-refractivity contribution in [2.75, 3.05) is 0 Å². The molecule has 0 amide bonds. The lowest BCUT2D eigenvalue weighted by molar-refractivity contribution is 0.00578. The second-order valence-electron chi connectivity index (χ2n) is 7.99. The second kappa shape index (κ2) is 5.38. The standard InChI is InChI=1S/C15H31BO2Si/c1-12(2)13(19(7,8)9)10-11-16-17-14(3,4)15(5,6)18-16/h10,12H,11H2,1-9H3/b13-10-. The average molecular weight is 282 g/mol. The van der Waals surface area contributed by atoms with E-state index in [2.05, 4.69) is 67.3 Å². The van der Waals surface area contributed by atoms with Gasteiger partial charge in [0.05, 0.1) is 19.3 Å². The van der Waals surface area contributed by atoms with Gasteiger partial charge in [0.15, 0.2) is 0 Å². The van der Waals surface area contributed by atoms with Gasteiger partial charge in [-0.2, -0.15) is 0 Å². The molecule has 1 fully saturated rings. The van der Waals surface area contributed by atoms with Crippen molar-refractivity contribution in [3.8, 4) is 0 Å². The van der Waals surface area contributed by atoms with E-state index in [0.29, 0.717) is 5.92 Å². The van der Waals surface area contributed by atoms with Gasteiger partial charge in [0.2, 0.25) is 0 Å². The molecule has 19 heavy (non-hydrogen) atoms. The Balaban J connectivity index is 2.77. The summed E-state index contributed by atoms with van der Waals surface area (Å²) in [5.74, 6) is 0.620. The van der Waals surface area contributed by atoms with Gasteiger partial charge in [-0.05, 0) is 33.6 Å². The molecule has 0 aromatic heterocycles. The molecule has 0 bridgehead atoms. The SMILES string of the molecule is CC(C)/C(=C/CB1OC(C)(C)C(C)(C)O1)[Si](C)(C)C. The van der Waals surface area contributed by atoms with E-state index in [1.165, 1.54) is 0 Å². The third-order valence-corrected chi connectivity index (χ3v) is 6.83. The summed E-state index contributed by atoms with van der Waals surface area (Å²) < 4.78 is 12.1. The molecule has 2 nitrogen and oxygen atoms in total. The molecule has 0 atom stereocenters. The predicted octanol–water partition coefficient (Wildman–Crippen LogP) is 4.54. The zero-order chi connectivity index (χ0) is 15.1. The average Bonchev–Trinajstić information content (AvgIpc) is 2.32. The van der Waals surface area contributed by atoms with Crippen LogP contribution in [0.4, 0.5) is 0 Å². The topological polar surface area (TPSA) is 18.5 Å². The van der Waals surface area contributed by atoms with Crippen LogP contribution in [0.2, 0.25) is 26.0 Å². The summed E-state index contributed by atoms with van der Waals surface area (Å²) in [6.45, 7) is 20.2. The quantitative estimate of drug-likeness (QED) is 0.705. The van der Waals surface area contributed by atoms with Crippen LogP contribution in [0, 0.1) is 5.92 Å². The molecular weight excluding hydrogens is 251 g/mol. The molecule has 1 aliphatic heterocycles. The van der Waals surface area contributed by atoms with Gasteiger partial charge in [0.25, 0.3) is 0 Å². The molecule has 0 aromatic carbocycles. The van der Waals surface area contributed by atoms with E-state index in [0.717, 1.165) is 6.32 Å². The van der Waals surface area contributed by atoms with Gasteiger partial charge in [0.1, 0.15) is 0 Å². The summed E-state index contributed by atoms with van der Waals surface area (Å²) in [5.41, 5.74) is -0.439. The summed E-state index contributed by atoms with van der Waals surface area (Å²) >= 11 is 0. The number of hydrogen-bond acceptors (Lipinski definition) is 2. The van der Waals surface area contributed by atoms with Crippen LogP contribution in [0.15, 0.2) is 11.3 Å². The molecule has 0 saturated carbocycles. The second-order valence-corrected chi connectivity index (χ2v) is 13.1. The van der Waals surface area contributed by atoms with Crippen LogP contribution in [-0.2, 0) is 9.31 Å². The van der Waals surface area contributed by atoms with Crippen molar-refractivity contribution in [1.29, 1.82) is 0 Å². The maximum absolute atomic E-state index is 6.06. The van der Waals surface area contributed by atoms with E-state index >= 15 is 0 Å². The van der Waals surface area contributed by atoms with Gasteiger partial charge in [-0.15, -0.1) is 0 Å². The van der Waals surface area contributed by atoms with Crippen LogP contribution in [0.5, 0.6) is 0 Å². The lowest BCUT2D eigenvalue weighted by Gasteiger charge is -2.32. The van der Waals surface area contributed by atoms with Crippen LogP contribution in [0.1, 0.15) is 41.5 Å². The van der Waals surface area contributed by atoms with Gasteiger partial charge < -0.3 is 9.31 Å². The highest BCUT2D eigenvalue weighted by Gasteiger charge is 2.50. The molecule has 0 unspecified atom stereocenters. The Morgan fingerprint density at radius 2 is 1.47 bits per heavy atom. The van der Waals surface area contributed by atoms with E-state index in [-0.39, 0.29) is 18.3 Å². The Bertz CT molecular complexity index is 338. The Hall–Kier alpha value is -0.0582. The Labute approximate surface area is 121 Å². The highest BCUT2D eigenvalue weighted by atomic mass is 28.3. The van der Waals surface area contributed by atoms with Gasteiger partial charge >= 0.3 is 7.12 Å². The monoisotopic (exact) mass is 282 g/mol. The Morgan fingerprint density at radius 1 is 1.05 bits per heavy atom. The number of hydrogen-bond donors (Lipinski definition) is 0. The number of allylic oxidation sites excluding steroid dienone is 2. The molecule has 110 valence electrons. The molecule has 0 aromatic rings. The van der Waals surface area contributed by atoms with Crippen molar-refractivity contribution in [2.24, 2.45) is 5.92 Å². The number of rotatable bonds is 4. The van der Waals surface area contributed by atoms with Gasteiger partial charge in [0, 0.05) is 6.32 Å². The maximum atomic E-state index is 6.06. The summed E-state index contributed by atoms with van der Waals surface area (Å²) in [6.07, 6.45) is 3.24. The van der Waals surface area contributed by atoms with E-state index in [9.17, 15) is 0 Å². The smallest absolute Gasteiger partial charge is 0.403 e. The molecule has 0 spiro atoms. The predicted molar refractivity (Wildman–Crippen MR) is 87.2 cm³/mol. The Kier molecular flexibility index (Phi) is 4.81. The van der Waals surface area contributed by atoms with Gasteiger partial charge in [-0.1, -0.05) is 44.8 Å². The maximum Gasteiger partial charge on any atom is 0.461 e. The first-order chi connectivity index (χ1) is 8.37. The van der Waals surface area contributed by atoms with E-state index < -0.39 is 8.07 Å². The summed E-state index contributed by atoms with van der Waals surface area (Å²) in [4.78, 5) is 0. The van der Waals surface area contributed by atoms with Crippen LogP contribution in [0.3, 0.4) is 0 Å². The minimum Gasteiger partial charge on any atom is -0.403 e. The van der Waals surface area contributed by atoms with Crippen LogP contribution >= 0.6 is 0 Å². The molecule has 1 rings (SSSR count). The molecule has 0 N–H and O–H groups in total. The van der Waals surface area contributed by atoms with Crippen molar-refractivity contribution in [2.45, 2.75) is 78.7 Å². The summed E-state index contributed by atoms with van der Waals surface area (Å²) in [5, 5.41) is 1.61. The molecule has 1 saturated heterocycles. The minimum absolute atomic E-state index is 0.102. The molecule has 4 heteroatoms. The molecule has 0 radical (unpaired) electrons. The van der Waals surface area contributed by atoms with E-state index in [4.69, 9.17) is 9.31 Å². The zero-order valence-electron chi connectivity index (χ0n) is 14.3. The first kappa shape index (κ1) is 17.0. The van der Waals surface area contributed by atoms with Crippen molar-refractivity contribution < 1.29 is 9.31 Å². The first-order valence-electron chi connectivity index (χ1n) is 7.43. The molecule has 0 aliphatic carbocycles. The van der Waals surface area contributed by atoms with Gasteiger partial charge in [-0.25, -0.2) is 0 Å². The third-order valence-electron chi connectivity index (χ3n) is 4.32. The van der Waals surface area contributed by atoms with E-state index in [1.807, 2.05) is 0 Å². The molecular formula is C15H31BO2Si. The van der Waals surface area contributed by atoms with Crippen LogP contribution in [-0.4, -0.2) is 26.4 Å². The van der Waals surface area contributed by atoms with Crippen molar-refractivity contribution >= 4 is 15.2 Å². The summed E-state index contributed by atoms with van der Waals surface area (Å²) in [7, 11) is -1.34. The lowest BCUT2D eigenvalue weighted by atomic mass is 9.84. The van der Waals surface area contributed by atoms with Crippen LogP contribution in [0.25, 0.3) is 0 Å². The molecule has 1 aliphatic rings. The van der Waals surface area contributed by atoms with Crippen molar-refractivity contribution in [3.63, 3.8) is 0 Å². The highest BCUT2D eigenvalue weighted by Crippen LogP contribution is 2.38. The van der Waals surface area contributed by atoms with Crippen molar-refractivity contribution in [3.05, 3.63) is 11.3 Å². The molecule has 1 heterocycles.